The highest BCUT2D eigenvalue weighted by atomic mass is 16.5. The van der Waals surface area contributed by atoms with Crippen molar-refractivity contribution in [1.82, 2.24) is 10.2 Å². The standard InChI is InChI=1S/C17H24N2O4/c1-2-9-23-14-6-3-5-13(10-14)11-18-16(20)12-19-8-4-7-15(19)17(21)22/h3,5-6,10,15H,2,4,7-9,11-12H2,1H3,(H,18,20)(H,21,22)/t15-/m0/s1. The number of rotatable bonds is 8. The minimum atomic E-state index is -0.851. The summed E-state index contributed by atoms with van der Waals surface area (Å²) in [6.45, 7) is 3.91. The second-order valence-electron chi connectivity index (χ2n) is 5.74. The van der Waals surface area contributed by atoms with Crippen molar-refractivity contribution in [1.29, 1.82) is 0 Å². The summed E-state index contributed by atoms with van der Waals surface area (Å²) in [7, 11) is 0. The summed E-state index contributed by atoms with van der Waals surface area (Å²) < 4.78 is 5.56. The van der Waals surface area contributed by atoms with Crippen LogP contribution in [-0.4, -0.2) is 47.6 Å². The SMILES string of the molecule is CCCOc1cccc(CNC(=O)CN2CCC[C@H]2C(=O)O)c1. The Hall–Kier alpha value is -2.08. The smallest absolute Gasteiger partial charge is 0.320 e. The highest BCUT2D eigenvalue weighted by molar-refractivity contribution is 5.80. The summed E-state index contributed by atoms with van der Waals surface area (Å²) in [5, 5.41) is 12.0. The Labute approximate surface area is 136 Å². The summed E-state index contributed by atoms with van der Waals surface area (Å²) in [6.07, 6.45) is 2.38. The summed E-state index contributed by atoms with van der Waals surface area (Å²) in [6, 6.07) is 7.09. The first-order valence-corrected chi connectivity index (χ1v) is 8.05. The van der Waals surface area contributed by atoms with Gasteiger partial charge in [0.15, 0.2) is 0 Å². The molecule has 2 rings (SSSR count). The minimum Gasteiger partial charge on any atom is -0.494 e. The van der Waals surface area contributed by atoms with Crippen molar-refractivity contribution in [3.63, 3.8) is 0 Å². The largest absolute Gasteiger partial charge is 0.494 e. The molecule has 1 heterocycles. The molecule has 23 heavy (non-hydrogen) atoms. The van der Waals surface area contributed by atoms with Crippen molar-refractivity contribution in [2.75, 3.05) is 19.7 Å². The molecule has 0 aliphatic carbocycles. The molecule has 1 atom stereocenters. The van der Waals surface area contributed by atoms with Gasteiger partial charge in [0.1, 0.15) is 11.8 Å². The predicted octanol–water partition coefficient (Wildman–Crippen LogP) is 1.64. The van der Waals surface area contributed by atoms with E-state index < -0.39 is 12.0 Å². The maximum atomic E-state index is 12.0. The number of nitrogens with one attached hydrogen (secondary N) is 1. The molecule has 1 aliphatic rings. The Morgan fingerprint density at radius 2 is 2.26 bits per heavy atom. The van der Waals surface area contributed by atoms with E-state index in [0.29, 0.717) is 26.1 Å². The monoisotopic (exact) mass is 320 g/mol. The van der Waals surface area contributed by atoms with Crippen LogP contribution in [-0.2, 0) is 16.1 Å². The second kappa shape index (κ2) is 8.53. The molecule has 0 spiro atoms. The van der Waals surface area contributed by atoms with Crippen LogP contribution in [0.3, 0.4) is 0 Å². The second-order valence-corrected chi connectivity index (χ2v) is 5.74. The van der Waals surface area contributed by atoms with Gasteiger partial charge >= 0.3 is 5.97 Å². The van der Waals surface area contributed by atoms with Gasteiger partial charge in [-0.15, -0.1) is 0 Å². The van der Waals surface area contributed by atoms with E-state index in [1.807, 2.05) is 31.2 Å². The van der Waals surface area contributed by atoms with Gasteiger partial charge in [0.25, 0.3) is 0 Å². The van der Waals surface area contributed by atoms with Crippen molar-refractivity contribution in [3.8, 4) is 5.75 Å². The molecule has 0 saturated carbocycles. The molecule has 1 aromatic rings. The normalized spacial score (nSPS) is 17.9. The van der Waals surface area contributed by atoms with E-state index >= 15 is 0 Å². The number of ether oxygens (including phenoxy) is 1. The van der Waals surface area contributed by atoms with E-state index in [2.05, 4.69) is 5.32 Å². The first-order valence-electron chi connectivity index (χ1n) is 8.05. The number of amides is 1. The Balaban J connectivity index is 1.81. The van der Waals surface area contributed by atoms with Crippen molar-refractivity contribution in [2.24, 2.45) is 0 Å². The summed E-state index contributed by atoms with van der Waals surface area (Å²) >= 11 is 0. The fraction of sp³-hybridized carbons (Fsp3) is 0.529. The number of carbonyl (C=O) groups excluding carboxylic acids is 1. The van der Waals surface area contributed by atoms with Crippen LogP contribution in [0, 0.1) is 0 Å². The zero-order valence-electron chi connectivity index (χ0n) is 13.5. The molecule has 1 saturated heterocycles. The van der Waals surface area contributed by atoms with Crippen LogP contribution in [0.4, 0.5) is 0 Å². The number of aliphatic carboxylic acids is 1. The first kappa shape index (κ1) is 17.3. The van der Waals surface area contributed by atoms with Gasteiger partial charge in [-0.05, 0) is 43.5 Å². The highest BCUT2D eigenvalue weighted by Gasteiger charge is 2.31. The number of likely N-dealkylation sites (tertiary alicyclic amines) is 1. The quantitative estimate of drug-likeness (QED) is 0.761. The van der Waals surface area contributed by atoms with Gasteiger partial charge in [-0.25, -0.2) is 0 Å². The zero-order valence-corrected chi connectivity index (χ0v) is 13.5. The van der Waals surface area contributed by atoms with Crippen LogP contribution >= 0.6 is 0 Å². The first-order chi connectivity index (χ1) is 11.1. The van der Waals surface area contributed by atoms with Gasteiger partial charge in [0.2, 0.25) is 5.91 Å². The topological polar surface area (TPSA) is 78.9 Å². The molecule has 1 amide bonds. The number of benzene rings is 1. The van der Waals surface area contributed by atoms with Gasteiger partial charge in [0.05, 0.1) is 13.2 Å². The molecule has 2 N–H and O–H groups in total. The number of hydrogen-bond acceptors (Lipinski definition) is 4. The van der Waals surface area contributed by atoms with Gasteiger partial charge in [0, 0.05) is 6.54 Å². The van der Waals surface area contributed by atoms with E-state index in [1.54, 1.807) is 4.90 Å². The van der Waals surface area contributed by atoms with E-state index in [9.17, 15) is 9.59 Å². The third-order valence-electron chi connectivity index (χ3n) is 3.86. The third kappa shape index (κ3) is 5.25. The third-order valence-corrected chi connectivity index (χ3v) is 3.86. The summed E-state index contributed by atoms with van der Waals surface area (Å²) in [4.78, 5) is 24.9. The lowest BCUT2D eigenvalue weighted by atomic mass is 10.2. The number of carbonyl (C=O) groups is 2. The van der Waals surface area contributed by atoms with E-state index in [0.717, 1.165) is 24.2 Å². The molecule has 6 nitrogen and oxygen atoms in total. The molecular weight excluding hydrogens is 296 g/mol. The molecule has 1 aliphatic heterocycles. The molecule has 1 fully saturated rings. The summed E-state index contributed by atoms with van der Waals surface area (Å²) in [5.41, 5.74) is 0.961. The van der Waals surface area contributed by atoms with Crippen LogP contribution < -0.4 is 10.1 Å². The van der Waals surface area contributed by atoms with E-state index in [4.69, 9.17) is 9.84 Å². The number of carboxylic acids is 1. The number of carboxylic acid groups (broad SMARTS) is 1. The van der Waals surface area contributed by atoms with E-state index in [-0.39, 0.29) is 12.5 Å². The maximum absolute atomic E-state index is 12.0. The Morgan fingerprint density at radius 1 is 1.43 bits per heavy atom. The van der Waals surface area contributed by atoms with Gasteiger partial charge < -0.3 is 15.2 Å². The van der Waals surface area contributed by atoms with Crippen LogP contribution in [0.5, 0.6) is 5.75 Å². The van der Waals surface area contributed by atoms with Crippen molar-refractivity contribution < 1.29 is 19.4 Å². The molecule has 6 heteroatoms. The predicted molar refractivity (Wildman–Crippen MR) is 86.3 cm³/mol. The average Bonchev–Trinajstić information content (AvgIpc) is 2.99. The molecule has 0 aromatic heterocycles. The molecular formula is C17H24N2O4. The lowest BCUT2D eigenvalue weighted by Crippen LogP contribution is -2.42. The summed E-state index contributed by atoms with van der Waals surface area (Å²) in [5.74, 6) is -0.210. The Morgan fingerprint density at radius 3 is 3.00 bits per heavy atom. The Kier molecular flexibility index (Phi) is 6.40. The lowest BCUT2D eigenvalue weighted by molar-refractivity contribution is -0.142. The maximum Gasteiger partial charge on any atom is 0.320 e. The number of hydrogen-bond donors (Lipinski definition) is 2. The van der Waals surface area contributed by atoms with Gasteiger partial charge in [-0.2, -0.15) is 0 Å². The molecule has 126 valence electrons. The van der Waals surface area contributed by atoms with Crippen LogP contribution in [0.15, 0.2) is 24.3 Å². The van der Waals surface area contributed by atoms with E-state index in [1.165, 1.54) is 0 Å². The van der Waals surface area contributed by atoms with Crippen molar-refractivity contribution in [3.05, 3.63) is 29.8 Å². The van der Waals surface area contributed by atoms with Crippen molar-refractivity contribution in [2.45, 2.75) is 38.8 Å². The molecule has 0 radical (unpaired) electrons. The van der Waals surface area contributed by atoms with Gasteiger partial charge in [-0.3, -0.25) is 14.5 Å². The van der Waals surface area contributed by atoms with Crippen molar-refractivity contribution >= 4 is 11.9 Å². The fourth-order valence-corrected chi connectivity index (χ4v) is 2.70. The fourth-order valence-electron chi connectivity index (χ4n) is 2.70. The zero-order chi connectivity index (χ0) is 16.7. The Bertz CT molecular complexity index is 547. The van der Waals surface area contributed by atoms with Gasteiger partial charge in [-0.1, -0.05) is 19.1 Å². The van der Waals surface area contributed by atoms with Crippen LogP contribution in [0.1, 0.15) is 31.7 Å². The molecule has 0 unspecified atom stereocenters. The van der Waals surface area contributed by atoms with Crippen LogP contribution in [0.25, 0.3) is 0 Å². The molecule has 1 aromatic carbocycles. The average molecular weight is 320 g/mol. The number of nitrogens with zero attached hydrogens (tertiary/aromatic N) is 1. The highest BCUT2D eigenvalue weighted by Crippen LogP contribution is 2.17. The molecule has 0 bridgehead atoms. The minimum absolute atomic E-state index is 0.128. The van der Waals surface area contributed by atoms with Crippen LogP contribution in [0.2, 0.25) is 0 Å². The lowest BCUT2D eigenvalue weighted by Gasteiger charge is -2.20.